The number of amides is 1. The highest BCUT2D eigenvalue weighted by atomic mass is 16.5. The molecule has 6 heteroatoms. The van der Waals surface area contributed by atoms with Gasteiger partial charge in [-0.15, -0.1) is 0 Å². The van der Waals surface area contributed by atoms with Crippen molar-refractivity contribution in [2.75, 3.05) is 18.5 Å². The third-order valence-corrected chi connectivity index (χ3v) is 4.29. The maximum Gasteiger partial charge on any atom is 0.257 e. The lowest BCUT2D eigenvalue weighted by Gasteiger charge is -2.11. The van der Waals surface area contributed by atoms with E-state index < -0.39 is 0 Å². The van der Waals surface area contributed by atoms with Crippen LogP contribution in [0.4, 0.5) is 5.69 Å². The zero-order valence-electron chi connectivity index (χ0n) is 14.4. The fourth-order valence-electron chi connectivity index (χ4n) is 2.92. The van der Waals surface area contributed by atoms with Crippen LogP contribution in [-0.2, 0) is 4.74 Å². The second kappa shape index (κ2) is 7.09. The van der Waals surface area contributed by atoms with Crippen LogP contribution in [-0.4, -0.2) is 35.2 Å². The minimum atomic E-state index is -0.221. The molecule has 26 heavy (non-hydrogen) atoms. The third kappa shape index (κ3) is 3.50. The van der Waals surface area contributed by atoms with Crippen LogP contribution in [0.1, 0.15) is 22.5 Å². The van der Waals surface area contributed by atoms with Gasteiger partial charge in [0.2, 0.25) is 5.88 Å². The van der Waals surface area contributed by atoms with Gasteiger partial charge in [-0.25, -0.2) is 4.98 Å². The van der Waals surface area contributed by atoms with Crippen molar-refractivity contribution < 1.29 is 14.3 Å². The Labute approximate surface area is 151 Å². The van der Waals surface area contributed by atoms with Gasteiger partial charge in [0, 0.05) is 29.8 Å². The van der Waals surface area contributed by atoms with Gasteiger partial charge < -0.3 is 14.8 Å². The Morgan fingerprint density at radius 3 is 2.92 bits per heavy atom. The lowest BCUT2D eigenvalue weighted by Crippen LogP contribution is -2.17. The number of nitrogens with one attached hydrogen (secondary N) is 1. The van der Waals surface area contributed by atoms with E-state index in [0.29, 0.717) is 24.7 Å². The van der Waals surface area contributed by atoms with Gasteiger partial charge in [0.15, 0.2) is 0 Å². The van der Waals surface area contributed by atoms with Crippen LogP contribution in [0.3, 0.4) is 0 Å². The lowest BCUT2D eigenvalue weighted by molar-refractivity contribution is 0.102. The number of hydrogen-bond donors (Lipinski definition) is 1. The minimum Gasteiger partial charge on any atom is -0.472 e. The van der Waals surface area contributed by atoms with Crippen molar-refractivity contribution >= 4 is 22.5 Å². The number of carbonyl (C=O) groups excluding carboxylic acids is 1. The summed E-state index contributed by atoms with van der Waals surface area (Å²) >= 11 is 0. The van der Waals surface area contributed by atoms with E-state index in [1.165, 1.54) is 6.20 Å². The minimum absolute atomic E-state index is 0.0359. The fourth-order valence-corrected chi connectivity index (χ4v) is 2.92. The smallest absolute Gasteiger partial charge is 0.257 e. The van der Waals surface area contributed by atoms with Crippen LogP contribution < -0.4 is 10.1 Å². The molecule has 6 nitrogen and oxygen atoms in total. The number of anilines is 1. The van der Waals surface area contributed by atoms with Crippen molar-refractivity contribution in [1.29, 1.82) is 0 Å². The molecule has 4 rings (SSSR count). The molecule has 0 radical (unpaired) electrons. The van der Waals surface area contributed by atoms with Crippen molar-refractivity contribution in [3.63, 3.8) is 0 Å². The highest BCUT2D eigenvalue weighted by molar-refractivity contribution is 6.08. The van der Waals surface area contributed by atoms with Crippen LogP contribution in [0.15, 0.2) is 48.7 Å². The van der Waals surface area contributed by atoms with Crippen LogP contribution in [0.2, 0.25) is 0 Å². The van der Waals surface area contributed by atoms with Crippen LogP contribution in [0.25, 0.3) is 10.9 Å². The van der Waals surface area contributed by atoms with Crippen LogP contribution >= 0.6 is 0 Å². The normalized spacial score (nSPS) is 16.6. The molecule has 1 fully saturated rings. The number of hydrogen-bond acceptors (Lipinski definition) is 5. The Hall–Kier alpha value is -2.99. The average Bonchev–Trinajstić information content (AvgIpc) is 3.15. The van der Waals surface area contributed by atoms with E-state index in [1.807, 2.05) is 37.3 Å². The molecule has 0 spiro atoms. The Kier molecular flexibility index (Phi) is 4.50. The second-order valence-electron chi connectivity index (χ2n) is 6.27. The summed E-state index contributed by atoms with van der Waals surface area (Å²) in [6.45, 7) is 3.24. The van der Waals surface area contributed by atoms with Crippen molar-refractivity contribution in [3.8, 4) is 5.88 Å². The average molecular weight is 349 g/mol. The summed E-state index contributed by atoms with van der Waals surface area (Å²) in [6, 6.07) is 13.0. The molecule has 1 saturated heterocycles. The number of ether oxygens (including phenoxy) is 2. The number of fused-ring (bicyclic) bond motifs is 1. The molecule has 3 heterocycles. The van der Waals surface area contributed by atoms with Crippen molar-refractivity contribution in [3.05, 3.63) is 59.9 Å². The van der Waals surface area contributed by atoms with Gasteiger partial charge in [-0.2, -0.15) is 0 Å². The number of nitrogens with zero attached hydrogens (tertiary/aromatic N) is 2. The summed E-state index contributed by atoms with van der Waals surface area (Å²) in [5, 5.41) is 3.84. The monoisotopic (exact) mass is 349 g/mol. The van der Waals surface area contributed by atoms with Gasteiger partial charge in [-0.1, -0.05) is 6.07 Å². The zero-order chi connectivity index (χ0) is 17.9. The maximum absolute atomic E-state index is 12.5. The Morgan fingerprint density at radius 2 is 2.15 bits per heavy atom. The van der Waals surface area contributed by atoms with E-state index in [4.69, 9.17) is 9.47 Å². The van der Waals surface area contributed by atoms with Gasteiger partial charge in [-0.05, 0) is 37.3 Å². The fraction of sp³-hybridized carbons (Fsp3) is 0.250. The third-order valence-electron chi connectivity index (χ3n) is 4.29. The molecular weight excluding hydrogens is 330 g/mol. The van der Waals surface area contributed by atoms with E-state index in [0.717, 1.165) is 28.7 Å². The van der Waals surface area contributed by atoms with E-state index in [2.05, 4.69) is 15.3 Å². The summed E-state index contributed by atoms with van der Waals surface area (Å²) in [5.41, 5.74) is 2.98. The SMILES string of the molecule is Cc1ccc2c(NC(=O)c3ccc(OC4CCOC4)nc3)cccc2n1. The summed E-state index contributed by atoms with van der Waals surface area (Å²) in [4.78, 5) is 21.3. The van der Waals surface area contributed by atoms with Crippen molar-refractivity contribution in [2.24, 2.45) is 0 Å². The lowest BCUT2D eigenvalue weighted by atomic mass is 10.1. The van der Waals surface area contributed by atoms with Crippen molar-refractivity contribution in [1.82, 2.24) is 9.97 Å². The first kappa shape index (κ1) is 16.5. The summed E-state index contributed by atoms with van der Waals surface area (Å²) in [5.74, 6) is 0.281. The van der Waals surface area contributed by atoms with Gasteiger partial charge in [0.1, 0.15) is 6.10 Å². The summed E-state index contributed by atoms with van der Waals surface area (Å²) in [6.07, 6.45) is 2.42. The number of benzene rings is 1. The number of aryl methyl sites for hydroxylation is 1. The highest BCUT2D eigenvalue weighted by Gasteiger charge is 2.18. The Bertz CT molecular complexity index is 935. The molecule has 0 aliphatic carbocycles. The first-order valence-electron chi connectivity index (χ1n) is 8.57. The highest BCUT2D eigenvalue weighted by Crippen LogP contribution is 2.23. The molecule has 1 amide bonds. The molecule has 1 N–H and O–H groups in total. The largest absolute Gasteiger partial charge is 0.472 e. The van der Waals surface area contributed by atoms with Crippen LogP contribution in [0, 0.1) is 6.92 Å². The number of pyridine rings is 2. The van der Waals surface area contributed by atoms with E-state index in [-0.39, 0.29) is 12.0 Å². The van der Waals surface area contributed by atoms with Crippen molar-refractivity contribution in [2.45, 2.75) is 19.4 Å². The molecule has 0 bridgehead atoms. The maximum atomic E-state index is 12.5. The van der Waals surface area contributed by atoms with E-state index >= 15 is 0 Å². The molecule has 1 unspecified atom stereocenters. The first-order chi connectivity index (χ1) is 12.7. The van der Waals surface area contributed by atoms with E-state index in [1.54, 1.807) is 12.1 Å². The quantitative estimate of drug-likeness (QED) is 0.782. The summed E-state index contributed by atoms with van der Waals surface area (Å²) < 4.78 is 11.0. The first-order valence-corrected chi connectivity index (χ1v) is 8.57. The molecule has 1 aliphatic heterocycles. The zero-order valence-corrected chi connectivity index (χ0v) is 14.4. The summed E-state index contributed by atoms with van der Waals surface area (Å²) in [7, 11) is 0. The topological polar surface area (TPSA) is 73.3 Å². The van der Waals surface area contributed by atoms with Gasteiger partial charge in [-0.3, -0.25) is 9.78 Å². The standard InChI is InChI=1S/C20H19N3O3/c1-13-5-7-16-17(22-13)3-2-4-18(16)23-20(24)14-6-8-19(21-11-14)26-15-9-10-25-12-15/h2-8,11,15H,9-10,12H2,1H3,(H,23,24). The number of rotatable bonds is 4. The second-order valence-corrected chi connectivity index (χ2v) is 6.27. The molecule has 0 saturated carbocycles. The predicted octanol–water partition coefficient (Wildman–Crippen LogP) is 3.36. The molecule has 1 aromatic carbocycles. The van der Waals surface area contributed by atoms with Crippen LogP contribution in [0.5, 0.6) is 5.88 Å². The van der Waals surface area contributed by atoms with E-state index in [9.17, 15) is 4.79 Å². The molecule has 2 aromatic heterocycles. The molecule has 3 aromatic rings. The molecule has 132 valence electrons. The molecule has 1 atom stereocenters. The molecular formula is C20H19N3O3. The Morgan fingerprint density at radius 1 is 1.23 bits per heavy atom. The Balaban J connectivity index is 1.49. The number of aromatic nitrogens is 2. The van der Waals surface area contributed by atoms with Gasteiger partial charge in [0.05, 0.1) is 30.0 Å². The predicted molar refractivity (Wildman–Crippen MR) is 98.5 cm³/mol. The molecule has 1 aliphatic rings. The van der Waals surface area contributed by atoms with Gasteiger partial charge in [0.25, 0.3) is 5.91 Å². The number of carbonyl (C=O) groups is 1. The van der Waals surface area contributed by atoms with Gasteiger partial charge >= 0.3 is 0 Å².